The van der Waals surface area contributed by atoms with E-state index >= 15 is 0 Å². The zero-order valence-electron chi connectivity index (χ0n) is 17.6. The Morgan fingerprint density at radius 2 is 1.72 bits per heavy atom. The van der Waals surface area contributed by atoms with Crippen molar-refractivity contribution in [3.63, 3.8) is 0 Å². The summed E-state index contributed by atoms with van der Waals surface area (Å²) in [5, 5.41) is 3.64. The van der Waals surface area contributed by atoms with E-state index in [4.69, 9.17) is 9.15 Å². The number of anilines is 1. The fourth-order valence-electron chi connectivity index (χ4n) is 3.48. The van der Waals surface area contributed by atoms with E-state index in [2.05, 4.69) is 10.0 Å². The van der Waals surface area contributed by atoms with Gasteiger partial charge < -0.3 is 14.5 Å². The highest BCUT2D eigenvalue weighted by Crippen LogP contribution is 2.36. The average Bonchev–Trinajstić information content (AvgIpc) is 3.16. The van der Waals surface area contributed by atoms with E-state index in [9.17, 15) is 13.2 Å². The van der Waals surface area contributed by atoms with Crippen LogP contribution < -0.4 is 14.8 Å². The number of furan rings is 1. The lowest BCUT2D eigenvalue weighted by Gasteiger charge is -2.11. The SMILES string of the molecule is COc1ccc2c(-c3ccccc3)c(C(=O)NCc3ccccc3NS(C)(=O)=O)oc2c1. The summed E-state index contributed by atoms with van der Waals surface area (Å²) >= 11 is 0. The second kappa shape index (κ2) is 8.76. The number of amides is 1. The van der Waals surface area contributed by atoms with Crippen LogP contribution >= 0.6 is 0 Å². The summed E-state index contributed by atoms with van der Waals surface area (Å²) in [7, 11) is -1.88. The van der Waals surface area contributed by atoms with Gasteiger partial charge in [-0.1, -0.05) is 48.5 Å². The summed E-state index contributed by atoms with van der Waals surface area (Å²) in [6, 6.07) is 21.8. The van der Waals surface area contributed by atoms with E-state index in [1.54, 1.807) is 37.4 Å². The molecule has 0 saturated heterocycles. The normalized spacial score (nSPS) is 11.3. The quantitative estimate of drug-likeness (QED) is 0.435. The lowest BCUT2D eigenvalue weighted by Crippen LogP contribution is -2.24. The number of hydrogen-bond donors (Lipinski definition) is 2. The second-order valence-corrected chi connectivity index (χ2v) is 9.00. The molecule has 0 unspecified atom stereocenters. The molecule has 0 aliphatic rings. The van der Waals surface area contributed by atoms with Gasteiger partial charge in [-0.2, -0.15) is 0 Å². The zero-order chi connectivity index (χ0) is 22.7. The van der Waals surface area contributed by atoms with Gasteiger partial charge in [0.25, 0.3) is 5.91 Å². The van der Waals surface area contributed by atoms with Crippen LogP contribution in [0.5, 0.6) is 5.75 Å². The second-order valence-electron chi connectivity index (χ2n) is 7.25. The number of hydrogen-bond acceptors (Lipinski definition) is 5. The molecule has 0 atom stereocenters. The van der Waals surface area contributed by atoms with Gasteiger partial charge in [0.1, 0.15) is 11.3 Å². The van der Waals surface area contributed by atoms with E-state index in [1.165, 1.54) is 0 Å². The molecule has 8 heteroatoms. The minimum Gasteiger partial charge on any atom is -0.497 e. The summed E-state index contributed by atoms with van der Waals surface area (Å²) < 4.78 is 37.0. The summed E-state index contributed by atoms with van der Waals surface area (Å²) in [5.74, 6) is 0.389. The standard InChI is InChI=1S/C24H22N2O5S/c1-30-18-12-13-19-21(14-18)31-23(22(19)16-8-4-3-5-9-16)24(27)25-15-17-10-6-7-11-20(17)26-32(2,28)29/h3-14,26H,15H2,1-2H3,(H,25,27). The summed E-state index contributed by atoms with van der Waals surface area (Å²) in [6.45, 7) is 0.117. The van der Waals surface area contributed by atoms with Gasteiger partial charge in [-0.15, -0.1) is 0 Å². The Hall–Kier alpha value is -3.78. The van der Waals surface area contributed by atoms with E-state index in [-0.39, 0.29) is 12.3 Å². The number of methoxy groups -OCH3 is 1. The molecule has 0 saturated carbocycles. The highest BCUT2D eigenvalue weighted by atomic mass is 32.2. The highest BCUT2D eigenvalue weighted by molar-refractivity contribution is 7.92. The monoisotopic (exact) mass is 450 g/mol. The van der Waals surface area contributed by atoms with Crippen molar-refractivity contribution >= 4 is 32.6 Å². The fourth-order valence-corrected chi connectivity index (χ4v) is 4.08. The van der Waals surface area contributed by atoms with E-state index in [0.29, 0.717) is 28.1 Å². The molecule has 0 aliphatic carbocycles. The molecule has 2 N–H and O–H groups in total. The molecule has 1 amide bonds. The Kier molecular flexibility index (Phi) is 5.87. The van der Waals surface area contributed by atoms with Crippen molar-refractivity contribution in [3.05, 3.63) is 84.1 Å². The number of nitrogens with one attached hydrogen (secondary N) is 2. The minimum absolute atomic E-state index is 0.117. The summed E-state index contributed by atoms with van der Waals surface area (Å²) in [4.78, 5) is 13.2. The van der Waals surface area contributed by atoms with E-state index in [1.807, 2.05) is 42.5 Å². The van der Waals surface area contributed by atoms with Gasteiger partial charge in [0, 0.05) is 23.6 Å². The van der Waals surface area contributed by atoms with Crippen molar-refractivity contribution in [2.45, 2.75) is 6.54 Å². The molecule has 7 nitrogen and oxygen atoms in total. The molecular formula is C24H22N2O5S. The molecule has 4 rings (SSSR count). The molecular weight excluding hydrogens is 428 g/mol. The molecule has 0 fully saturated rings. The first-order valence-corrected chi connectivity index (χ1v) is 11.7. The van der Waals surface area contributed by atoms with Crippen LogP contribution in [-0.2, 0) is 16.6 Å². The Labute approximate surface area is 186 Å². The maximum absolute atomic E-state index is 13.2. The summed E-state index contributed by atoms with van der Waals surface area (Å²) in [6.07, 6.45) is 1.08. The Morgan fingerprint density at radius 1 is 1.00 bits per heavy atom. The number of ether oxygens (including phenoxy) is 1. The van der Waals surface area contributed by atoms with Gasteiger partial charge >= 0.3 is 0 Å². The van der Waals surface area contributed by atoms with Crippen molar-refractivity contribution in [1.29, 1.82) is 0 Å². The Balaban J connectivity index is 1.69. The Morgan fingerprint density at radius 3 is 2.44 bits per heavy atom. The van der Waals surface area contributed by atoms with Crippen molar-refractivity contribution in [1.82, 2.24) is 5.32 Å². The van der Waals surface area contributed by atoms with Gasteiger partial charge in [-0.25, -0.2) is 8.42 Å². The number of sulfonamides is 1. The molecule has 3 aromatic carbocycles. The van der Waals surface area contributed by atoms with Crippen LogP contribution in [0.25, 0.3) is 22.1 Å². The maximum Gasteiger partial charge on any atom is 0.287 e. The third-order valence-corrected chi connectivity index (χ3v) is 5.51. The van der Waals surface area contributed by atoms with Crippen molar-refractivity contribution in [3.8, 4) is 16.9 Å². The first-order valence-electron chi connectivity index (χ1n) is 9.85. The van der Waals surface area contributed by atoms with Crippen LogP contribution in [0.2, 0.25) is 0 Å². The maximum atomic E-state index is 13.2. The molecule has 32 heavy (non-hydrogen) atoms. The molecule has 0 aliphatic heterocycles. The van der Waals surface area contributed by atoms with Gasteiger partial charge in [0.05, 0.1) is 19.1 Å². The smallest absolute Gasteiger partial charge is 0.287 e. The zero-order valence-corrected chi connectivity index (χ0v) is 18.4. The van der Waals surface area contributed by atoms with Gasteiger partial charge in [-0.3, -0.25) is 9.52 Å². The molecule has 0 spiro atoms. The average molecular weight is 451 g/mol. The molecule has 0 bridgehead atoms. The molecule has 1 aromatic heterocycles. The number of para-hydroxylation sites is 1. The topological polar surface area (TPSA) is 97.6 Å². The fraction of sp³-hybridized carbons (Fsp3) is 0.125. The number of carbonyl (C=O) groups is 1. The predicted octanol–water partition coefficient (Wildman–Crippen LogP) is 4.41. The number of fused-ring (bicyclic) bond motifs is 1. The largest absolute Gasteiger partial charge is 0.497 e. The highest BCUT2D eigenvalue weighted by Gasteiger charge is 2.22. The van der Waals surface area contributed by atoms with Crippen molar-refractivity contribution in [2.75, 3.05) is 18.1 Å². The van der Waals surface area contributed by atoms with E-state index in [0.717, 1.165) is 17.2 Å². The van der Waals surface area contributed by atoms with Crippen LogP contribution in [0.3, 0.4) is 0 Å². The third-order valence-electron chi connectivity index (χ3n) is 4.92. The Bertz CT molecular complexity index is 1380. The number of rotatable bonds is 7. The minimum atomic E-state index is -3.45. The van der Waals surface area contributed by atoms with Crippen LogP contribution in [0.15, 0.2) is 77.2 Å². The molecule has 0 radical (unpaired) electrons. The van der Waals surface area contributed by atoms with Crippen LogP contribution in [-0.4, -0.2) is 27.7 Å². The van der Waals surface area contributed by atoms with Crippen molar-refractivity contribution < 1.29 is 22.4 Å². The van der Waals surface area contributed by atoms with Gasteiger partial charge in [0.2, 0.25) is 15.8 Å². The van der Waals surface area contributed by atoms with Crippen LogP contribution in [0.4, 0.5) is 5.69 Å². The third kappa shape index (κ3) is 4.60. The molecule has 164 valence electrons. The predicted molar refractivity (Wildman–Crippen MR) is 124 cm³/mol. The van der Waals surface area contributed by atoms with Crippen molar-refractivity contribution in [2.24, 2.45) is 0 Å². The summed E-state index contributed by atoms with van der Waals surface area (Å²) in [5.41, 5.74) is 3.11. The molecule has 1 heterocycles. The number of benzene rings is 3. The van der Waals surface area contributed by atoms with Gasteiger partial charge in [0.15, 0.2) is 0 Å². The van der Waals surface area contributed by atoms with Crippen LogP contribution in [0.1, 0.15) is 16.1 Å². The van der Waals surface area contributed by atoms with E-state index < -0.39 is 15.9 Å². The van der Waals surface area contributed by atoms with Crippen LogP contribution in [0, 0.1) is 0 Å². The molecule has 4 aromatic rings. The lowest BCUT2D eigenvalue weighted by atomic mass is 10.0. The first kappa shape index (κ1) is 21.5. The number of carbonyl (C=O) groups excluding carboxylic acids is 1. The first-order chi connectivity index (χ1) is 15.4. The lowest BCUT2D eigenvalue weighted by molar-refractivity contribution is 0.0926. The van der Waals surface area contributed by atoms with Gasteiger partial charge in [-0.05, 0) is 29.3 Å².